The first-order chi connectivity index (χ1) is 18.4. The van der Waals surface area contributed by atoms with Gasteiger partial charge in [0, 0.05) is 47.9 Å². The summed E-state index contributed by atoms with van der Waals surface area (Å²) in [5, 5.41) is 14.1. The first-order valence-electron chi connectivity index (χ1n) is 12.6. The van der Waals surface area contributed by atoms with Gasteiger partial charge in [-0.2, -0.15) is 0 Å². The standard InChI is InChI=1S/C30H31N3O5/c1-5-32(6-2)20-12-14-24-26(18-20)38-27-19-21(33(7-3)37-17-16-28(34)31-4)13-15-25(27)29(24)22-10-8-9-11-23(22)30(35)36/h5,8-15,18-19H,1,6-7,16-17H2,2-4H3,(H-,31,34,35,36)/p+1. The van der Waals surface area contributed by atoms with Gasteiger partial charge in [-0.25, -0.2) is 4.79 Å². The smallest absolute Gasteiger partial charge is 0.336 e. The molecule has 0 radical (unpaired) electrons. The summed E-state index contributed by atoms with van der Waals surface area (Å²) in [5.41, 5.74) is 3.91. The van der Waals surface area contributed by atoms with Gasteiger partial charge in [-0.3, -0.25) is 9.63 Å². The molecule has 0 atom stereocenters. The van der Waals surface area contributed by atoms with Crippen molar-refractivity contribution >= 4 is 28.5 Å². The fourth-order valence-corrected chi connectivity index (χ4v) is 4.52. The number of anilines is 1. The number of hydroxylamine groups is 1. The molecule has 2 aromatic carbocycles. The molecule has 1 amide bonds. The van der Waals surface area contributed by atoms with Gasteiger partial charge in [0.1, 0.15) is 11.3 Å². The Labute approximate surface area is 221 Å². The number of benzene rings is 3. The van der Waals surface area contributed by atoms with Crippen LogP contribution < -0.4 is 20.3 Å². The topological polar surface area (TPSA) is 95.0 Å². The van der Waals surface area contributed by atoms with E-state index in [4.69, 9.17) is 9.25 Å². The lowest BCUT2D eigenvalue weighted by atomic mass is 9.90. The highest BCUT2D eigenvalue weighted by atomic mass is 16.7. The zero-order valence-electron chi connectivity index (χ0n) is 21.9. The number of carbonyl (C=O) groups is 2. The average Bonchev–Trinajstić information content (AvgIpc) is 2.94. The normalized spacial score (nSPS) is 11.8. The summed E-state index contributed by atoms with van der Waals surface area (Å²) >= 11 is 0. The minimum Gasteiger partial charge on any atom is -0.478 e. The van der Waals surface area contributed by atoms with E-state index < -0.39 is 5.97 Å². The molecule has 1 heterocycles. The molecule has 0 spiro atoms. The third-order valence-electron chi connectivity index (χ3n) is 6.44. The molecule has 4 rings (SSSR count). The number of amides is 1. The van der Waals surface area contributed by atoms with E-state index in [2.05, 4.69) is 11.9 Å². The summed E-state index contributed by atoms with van der Waals surface area (Å²) in [6.07, 6.45) is 2.00. The van der Waals surface area contributed by atoms with E-state index in [0.29, 0.717) is 23.5 Å². The third kappa shape index (κ3) is 5.25. The minimum atomic E-state index is -0.999. The molecule has 1 aliphatic heterocycles. The van der Waals surface area contributed by atoms with Crippen molar-refractivity contribution < 1.29 is 24.0 Å². The molecule has 1 aliphatic carbocycles. The van der Waals surface area contributed by atoms with Crippen LogP contribution >= 0.6 is 0 Å². The van der Waals surface area contributed by atoms with Crippen molar-refractivity contribution in [1.82, 2.24) is 10.1 Å². The van der Waals surface area contributed by atoms with Gasteiger partial charge in [-0.15, -0.1) is 0 Å². The number of carboxylic acid groups (broad SMARTS) is 1. The molecule has 8 heteroatoms. The summed E-state index contributed by atoms with van der Waals surface area (Å²) < 4.78 is 8.14. The molecule has 0 saturated heterocycles. The lowest BCUT2D eigenvalue weighted by Gasteiger charge is -2.20. The Balaban J connectivity index is 1.99. The number of fused-ring (bicyclic) bond motifs is 2. The van der Waals surface area contributed by atoms with Crippen LogP contribution in [0.4, 0.5) is 5.69 Å². The van der Waals surface area contributed by atoms with E-state index in [1.54, 1.807) is 30.1 Å². The fourth-order valence-electron chi connectivity index (χ4n) is 4.52. The quantitative estimate of drug-likeness (QED) is 0.180. The van der Waals surface area contributed by atoms with Crippen LogP contribution in [-0.2, 0) is 9.63 Å². The molecule has 0 bridgehead atoms. The Bertz CT molecular complexity index is 1540. The van der Waals surface area contributed by atoms with Crippen LogP contribution in [-0.4, -0.2) is 43.7 Å². The predicted octanol–water partition coefficient (Wildman–Crippen LogP) is 4.73. The second-order valence-corrected chi connectivity index (χ2v) is 8.61. The molecule has 196 valence electrons. The number of nitrogens with one attached hydrogen (secondary N) is 1. The van der Waals surface area contributed by atoms with Crippen LogP contribution in [0.25, 0.3) is 33.4 Å². The van der Waals surface area contributed by atoms with Crippen LogP contribution in [0.2, 0.25) is 0 Å². The van der Waals surface area contributed by atoms with Gasteiger partial charge in [0.15, 0.2) is 13.2 Å². The molecule has 0 unspecified atom stereocenters. The van der Waals surface area contributed by atoms with Gasteiger partial charge in [-0.05, 0) is 54.6 Å². The van der Waals surface area contributed by atoms with Gasteiger partial charge in [0.05, 0.1) is 18.1 Å². The van der Waals surface area contributed by atoms with E-state index in [9.17, 15) is 14.7 Å². The Morgan fingerprint density at radius 2 is 1.89 bits per heavy atom. The molecule has 0 saturated carbocycles. The van der Waals surface area contributed by atoms with Gasteiger partial charge in [0.2, 0.25) is 5.91 Å². The first kappa shape index (κ1) is 26.5. The van der Waals surface area contributed by atoms with Gasteiger partial charge >= 0.3 is 5.97 Å². The van der Waals surface area contributed by atoms with Crippen LogP contribution in [0.5, 0.6) is 0 Å². The number of hydrogen-bond acceptors (Lipinski definition) is 5. The van der Waals surface area contributed by atoms with Crippen molar-refractivity contribution in [1.29, 1.82) is 0 Å². The van der Waals surface area contributed by atoms with Crippen LogP contribution in [0.3, 0.4) is 0 Å². The van der Waals surface area contributed by atoms with E-state index in [1.165, 1.54) is 0 Å². The fraction of sp³-hybridized carbons (Fsp3) is 0.233. The molecule has 8 nitrogen and oxygen atoms in total. The highest BCUT2D eigenvalue weighted by molar-refractivity contribution is 6.07. The monoisotopic (exact) mass is 514 g/mol. The maximum absolute atomic E-state index is 12.1. The second-order valence-electron chi connectivity index (χ2n) is 8.61. The lowest BCUT2D eigenvalue weighted by molar-refractivity contribution is -0.123. The largest absolute Gasteiger partial charge is 0.478 e. The molecular weight excluding hydrogens is 482 g/mol. The van der Waals surface area contributed by atoms with Crippen LogP contribution in [0.15, 0.2) is 77.9 Å². The lowest BCUT2D eigenvalue weighted by Crippen LogP contribution is -2.31. The van der Waals surface area contributed by atoms with E-state index in [-0.39, 0.29) is 24.5 Å². The summed E-state index contributed by atoms with van der Waals surface area (Å²) in [6.45, 7) is 9.41. The van der Waals surface area contributed by atoms with E-state index in [1.807, 2.05) is 67.3 Å². The molecule has 2 N–H and O–H groups in total. The Morgan fingerprint density at radius 3 is 2.58 bits per heavy atom. The molecule has 38 heavy (non-hydrogen) atoms. The van der Waals surface area contributed by atoms with Gasteiger partial charge < -0.3 is 19.7 Å². The van der Waals surface area contributed by atoms with Crippen molar-refractivity contribution in [2.24, 2.45) is 0 Å². The van der Waals surface area contributed by atoms with Crippen molar-refractivity contribution in [2.45, 2.75) is 20.3 Å². The molecule has 0 fully saturated rings. The molecule has 0 aromatic heterocycles. The zero-order valence-corrected chi connectivity index (χ0v) is 21.9. The highest BCUT2D eigenvalue weighted by Gasteiger charge is 2.23. The van der Waals surface area contributed by atoms with Crippen LogP contribution in [0, 0.1) is 0 Å². The van der Waals surface area contributed by atoms with Crippen molar-refractivity contribution in [3.63, 3.8) is 0 Å². The number of rotatable bonds is 10. The zero-order chi connectivity index (χ0) is 27.2. The summed E-state index contributed by atoms with van der Waals surface area (Å²) in [6, 6.07) is 18.6. The Hall–Kier alpha value is -4.59. The van der Waals surface area contributed by atoms with Crippen LogP contribution in [0.1, 0.15) is 30.6 Å². The van der Waals surface area contributed by atoms with Crippen molar-refractivity contribution in [3.05, 3.63) is 84.4 Å². The minimum absolute atomic E-state index is 0.0979. The Kier molecular flexibility index (Phi) is 8.11. The SMILES string of the molecule is C=CN(CC)c1ccc2c(-c3ccccc3C(=O)O)c3cc/c(=[N+](/CC)OCCC(=O)NC)cc-3oc2c1. The van der Waals surface area contributed by atoms with Crippen molar-refractivity contribution in [3.8, 4) is 22.5 Å². The number of nitrogens with zero attached hydrogens (tertiary/aromatic N) is 2. The third-order valence-corrected chi connectivity index (χ3v) is 6.44. The maximum atomic E-state index is 12.1. The predicted molar refractivity (Wildman–Crippen MR) is 149 cm³/mol. The molecular formula is C30H32N3O5+. The van der Waals surface area contributed by atoms with Crippen molar-refractivity contribution in [2.75, 3.05) is 31.6 Å². The maximum Gasteiger partial charge on any atom is 0.336 e. The van der Waals surface area contributed by atoms with Gasteiger partial charge in [0.25, 0.3) is 5.36 Å². The second kappa shape index (κ2) is 11.6. The number of aromatic carboxylic acids is 1. The first-order valence-corrected chi connectivity index (χ1v) is 12.6. The highest BCUT2D eigenvalue weighted by Crippen LogP contribution is 2.42. The summed E-state index contributed by atoms with van der Waals surface area (Å²) in [4.78, 5) is 31.6. The van der Waals surface area contributed by atoms with E-state index >= 15 is 0 Å². The summed E-state index contributed by atoms with van der Waals surface area (Å²) in [7, 11) is 1.59. The molecule has 2 aromatic rings. The Morgan fingerprint density at radius 1 is 1.11 bits per heavy atom. The number of carbonyl (C=O) groups excluding carboxylic acids is 1. The summed E-state index contributed by atoms with van der Waals surface area (Å²) in [5.74, 6) is -0.516. The van der Waals surface area contributed by atoms with E-state index in [0.717, 1.165) is 34.1 Å². The number of carboxylic acids is 1. The average molecular weight is 515 g/mol. The van der Waals surface area contributed by atoms with Gasteiger partial charge in [-0.1, -0.05) is 24.8 Å². The molecule has 2 aliphatic rings. The number of hydrogen-bond donors (Lipinski definition) is 2.